The van der Waals surface area contributed by atoms with Gasteiger partial charge in [-0.15, -0.1) is 4.91 Å². The number of nitrogens with zero attached hydrogens (tertiary/aromatic N) is 2. The van der Waals surface area contributed by atoms with Gasteiger partial charge in [-0.25, -0.2) is 0 Å². The Bertz CT molecular complexity index is 866. The molecule has 5 heteroatoms. The molecule has 0 amide bonds. The molecule has 3 saturated carbocycles. The molecule has 0 saturated heterocycles. The quantitative estimate of drug-likeness (QED) is 0.428. The second kappa shape index (κ2) is 10.9. The van der Waals surface area contributed by atoms with E-state index in [-0.39, 0.29) is 23.3 Å². The highest BCUT2D eigenvalue weighted by molar-refractivity contribution is 5.77. The van der Waals surface area contributed by atoms with Gasteiger partial charge in [0.25, 0.3) is 0 Å². The Labute approximate surface area is 200 Å². The van der Waals surface area contributed by atoms with Crippen LogP contribution in [0.2, 0.25) is 0 Å². The van der Waals surface area contributed by atoms with Gasteiger partial charge in [0.2, 0.25) is 0 Å². The molecule has 0 bridgehead atoms. The summed E-state index contributed by atoms with van der Waals surface area (Å²) in [6.45, 7) is 10.00. The highest BCUT2D eigenvalue weighted by atomic mass is 16.3. The van der Waals surface area contributed by atoms with Crippen molar-refractivity contribution < 1.29 is 4.79 Å². The smallest absolute Gasteiger partial charge is 0.132 e. The lowest BCUT2D eigenvalue weighted by atomic mass is 9.71. The van der Waals surface area contributed by atoms with Crippen molar-refractivity contribution in [3.05, 3.63) is 46.0 Å². The van der Waals surface area contributed by atoms with Crippen molar-refractivity contribution >= 4 is 11.5 Å². The molecular formula is C28H43N3O2. The normalized spacial score (nSPS) is 23.9. The van der Waals surface area contributed by atoms with Crippen LogP contribution in [-0.4, -0.2) is 29.3 Å². The summed E-state index contributed by atoms with van der Waals surface area (Å²) in [4.78, 5) is 24.0. The largest absolute Gasteiger partial charge is 0.384 e. The molecule has 3 unspecified atom stereocenters. The first kappa shape index (κ1) is 25.6. The minimum Gasteiger partial charge on any atom is -0.384 e. The first-order chi connectivity index (χ1) is 15.7. The number of carbonyl (C=O) groups excluding carboxylic acids is 1. The van der Waals surface area contributed by atoms with Crippen molar-refractivity contribution in [1.82, 2.24) is 10.2 Å². The number of Topliss-reactive ketones (excluding diaryl/α,β-unsaturated/α-hetero) is 1. The number of allylic oxidation sites excluding steroid dienone is 1. The zero-order valence-electron chi connectivity index (χ0n) is 21.5. The number of likely N-dealkylation sites (N-methyl/N-ethyl adjacent to an activating group) is 1. The molecule has 3 aliphatic carbocycles. The van der Waals surface area contributed by atoms with Crippen molar-refractivity contribution in [2.45, 2.75) is 104 Å². The molecular weight excluding hydrogens is 410 g/mol. The zero-order chi connectivity index (χ0) is 24.2. The molecule has 1 aromatic rings. The molecule has 4 rings (SSSR count). The van der Waals surface area contributed by atoms with Crippen LogP contribution >= 0.6 is 0 Å². The molecule has 33 heavy (non-hydrogen) atoms. The second-order valence-electron chi connectivity index (χ2n) is 10.7. The minimum absolute atomic E-state index is 0.101. The van der Waals surface area contributed by atoms with E-state index in [1.165, 1.54) is 57.1 Å². The summed E-state index contributed by atoms with van der Waals surface area (Å²) in [6, 6.07) is 8.58. The van der Waals surface area contributed by atoms with Crippen molar-refractivity contribution in [3.63, 3.8) is 0 Å². The Balaban J connectivity index is 0.000000454. The van der Waals surface area contributed by atoms with Gasteiger partial charge in [0.15, 0.2) is 0 Å². The maximum atomic E-state index is 11.3. The van der Waals surface area contributed by atoms with Gasteiger partial charge in [-0.2, -0.15) is 0 Å². The number of rotatable bonds is 8. The van der Waals surface area contributed by atoms with Crippen LogP contribution in [0.1, 0.15) is 97.6 Å². The van der Waals surface area contributed by atoms with Crippen LogP contribution in [0.15, 0.2) is 40.7 Å². The van der Waals surface area contributed by atoms with Crippen LogP contribution in [0.25, 0.3) is 0 Å². The summed E-state index contributed by atoms with van der Waals surface area (Å²) in [6.07, 6.45) is 10.2. The van der Waals surface area contributed by atoms with E-state index in [1.807, 2.05) is 32.0 Å². The molecule has 0 aromatic heterocycles. The van der Waals surface area contributed by atoms with E-state index in [0.29, 0.717) is 11.7 Å². The lowest BCUT2D eigenvalue weighted by Gasteiger charge is -2.53. The Morgan fingerprint density at radius 2 is 1.76 bits per heavy atom. The summed E-state index contributed by atoms with van der Waals surface area (Å²) in [7, 11) is 2.24. The van der Waals surface area contributed by atoms with Crippen LogP contribution in [0.3, 0.4) is 0 Å². The number of ketones is 1. The summed E-state index contributed by atoms with van der Waals surface area (Å²) >= 11 is 0. The summed E-state index contributed by atoms with van der Waals surface area (Å²) in [5, 5.41) is 7.32. The Kier molecular flexibility index (Phi) is 8.49. The molecule has 3 atom stereocenters. The average molecular weight is 454 g/mol. The Morgan fingerprint density at radius 3 is 2.21 bits per heavy atom. The maximum Gasteiger partial charge on any atom is 0.132 e. The van der Waals surface area contributed by atoms with Gasteiger partial charge < -0.3 is 5.32 Å². The monoisotopic (exact) mass is 453 g/mol. The van der Waals surface area contributed by atoms with Gasteiger partial charge in [0.05, 0.1) is 5.54 Å². The number of hydrogen-bond acceptors (Lipinski definition) is 5. The van der Waals surface area contributed by atoms with E-state index in [1.54, 1.807) is 12.5 Å². The summed E-state index contributed by atoms with van der Waals surface area (Å²) in [5.74, 6) is 1.24. The van der Waals surface area contributed by atoms with Crippen molar-refractivity contribution in [2.75, 3.05) is 7.05 Å². The minimum atomic E-state index is 0.101. The molecule has 1 N–H and O–H groups in total. The van der Waals surface area contributed by atoms with E-state index in [2.05, 4.69) is 42.4 Å². The molecule has 182 valence electrons. The van der Waals surface area contributed by atoms with Crippen LogP contribution in [0.4, 0.5) is 5.69 Å². The van der Waals surface area contributed by atoms with Gasteiger partial charge in [-0.3, -0.25) is 9.69 Å². The molecule has 3 fully saturated rings. The fraction of sp³-hybridized carbons (Fsp3) is 0.679. The fourth-order valence-electron chi connectivity index (χ4n) is 5.22. The zero-order valence-corrected chi connectivity index (χ0v) is 21.5. The van der Waals surface area contributed by atoms with Crippen LogP contribution < -0.4 is 5.32 Å². The molecule has 1 aromatic carbocycles. The predicted molar refractivity (Wildman–Crippen MR) is 136 cm³/mol. The number of benzene rings is 1. The highest BCUT2D eigenvalue weighted by Crippen LogP contribution is 2.50. The topological polar surface area (TPSA) is 61.8 Å². The number of carbonyl (C=O) groups is 1. The second-order valence-corrected chi connectivity index (χ2v) is 10.7. The van der Waals surface area contributed by atoms with Crippen molar-refractivity contribution in [3.8, 4) is 0 Å². The van der Waals surface area contributed by atoms with E-state index < -0.39 is 0 Å². The molecule has 0 radical (unpaired) electrons. The standard InChI is InChI=1S/C23H33N3O.C5H10O/c1-16-8-6-11-20(16)24-22(18-12-13-18)23(14-7-15-23)26(3)17(2)19-9-4-5-10-21(19)25-27;1-4(2)5(3)6/h4-5,9-10,16-17,20,24H,6-8,11-15H2,1-3H3;4H,1-3H3. The number of hydrogen-bond donors (Lipinski definition) is 1. The lowest BCUT2D eigenvalue weighted by Crippen LogP contribution is -2.58. The fourth-order valence-corrected chi connectivity index (χ4v) is 5.22. The van der Waals surface area contributed by atoms with Gasteiger partial charge >= 0.3 is 0 Å². The molecule has 3 aliphatic rings. The van der Waals surface area contributed by atoms with Crippen LogP contribution in [-0.2, 0) is 4.79 Å². The SMILES string of the molecule is CC(=O)C(C)C.CC1CCCC1NC(=C1CC1)C1(N(C)C(C)c2ccccc2N=O)CCC1. The predicted octanol–water partition coefficient (Wildman–Crippen LogP) is 7.06. The van der Waals surface area contributed by atoms with Gasteiger partial charge in [0.1, 0.15) is 11.5 Å². The number of nitrogens with one attached hydrogen (secondary N) is 1. The molecule has 0 heterocycles. The first-order valence-electron chi connectivity index (χ1n) is 12.9. The van der Waals surface area contributed by atoms with Crippen molar-refractivity contribution in [1.29, 1.82) is 0 Å². The maximum absolute atomic E-state index is 11.3. The third kappa shape index (κ3) is 5.74. The van der Waals surface area contributed by atoms with E-state index in [4.69, 9.17) is 0 Å². The van der Waals surface area contributed by atoms with Crippen LogP contribution in [0.5, 0.6) is 0 Å². The summed E-state index contributed by atoms with van der Waals surface area (Å²) < 4.78 is 0. The van der Waals surface area contributed by atoms with Gasteiger partial charge in [0, 0.05) is 23.7 Å². The van der Waals surface area contributed by atoms with Crippen LogP contribution in [0, 0.1) is 16.7 Å². The number of nitroso groups, excluding NO2 is 1. The highest BCUT2D eigenvalue weighted by Gasteiger charge is 2.49. The lowest BCUT2D eigenvalue weighted by molar-refractivity contribution is -0.119. The Hall–Kier alpha value is -2.01. The third-order valence-corrected chi connectivity index (χ3v) is 8.25. The third-order valence-electron chi connectivity index (χ3n) is 8.25. The molecule has 0 spiro atoms. The van der Waals surface area contributed by atoms with Crippen molar-refractivity contribution in [2.24, 2.45) is 17.0 Å². The van der Waals surface area contributed by atoms with E-state index >= 15 is 0 Å². The first-order valence-corrected chi connectivity index (χ1v) is 12.9. The Morgan fingerprint density at radius 1 is 1.12 bits per heavy atom. The molecule has 0 aliphatic heterocycles. The van der Waals surface area contributed by atoms with Gasteiger partial charge in [-0.1, -0.05) is 45.4 Å². The van der Waals surface area contributed by atoms with E-state index in [9.17, 15) is 9.70 Å². The summed E-state index contributed by atoms with van der Waals surface area (Å²) in [5.41, 5.74) is 4.87. The van der Waals surface area contributed by atoms with Gasteiger partial charge in [-0.05, 0) is 94.1 Å². The van der Waals surface area contributed by atoms with E-state index in [0.717, 1.165) is 11.5 Å². The average Bonchev–Trinajstić information content (AvgIpc) is 3.54. The molecule has 5 nitrogen and oxygen atoms in total.